The molecule has 4 nitrogen and oxygen atoms in total. The van der Waals surface area contributed by atoms with Crippen LogP contribution in [0.5, 0.6) is 5.75 Å². The fraction of sp³-hybridized carbons (Fsp3) is 0.500. The van der Waals surface area contributed by atoms with E-state index < -0.39 is 53.0 Å². The number of phenols is 1. The molecule has 23 heavy (non-hydrogen) atoms. The van der Waals surface area contributed by atoms with Crippen molar-refractivity contribution in [2.75, 3.05) is 0 Å². The molecular formula is C14H14F5NO3. The highest BCUT2D eigenvalue weighted by Crippen LogP contribution is 2.54. The second-order valence-corrected chi connectivity index (χ2v) is 5.66. The molecule has 9 heteroatoms. The number of phenolic OH excluding ortho intramolecular Hbond substituents is 1. The Morgan fingerprint density at radius 3 is 2.39 bits per heavy atom. The van der Waals surface area contributed by atoms with Crippen LogP contribution in [0.4, 0.5) is 22.0 Å². The summed E-state index contributed by atoms with van der Waals surface area (Å²) in [4.78, 5) is 11.5. The van der Waals surface area contributed by atoms with E-state index in [1.807, 2.05) is 0 Å². The van der Waals surface area contributed by atoms with Crippen molar-refractivity contribution in [1.29, 1.82) is 0 Å². The number of benzene rings is 1. The number of carbonyl (C=O) groups is 1. The quantitative estimate of drug-likeness (QED) is 0.814. The first-order valence-corrected chi connectivity index (χ1v) is 6.62. The van der Waals surface area contributed by atoms with Crippen molar-refractivity contribution in [3.63, 3.8) is 0 Å². The van der Waals surface area contributed by atoms with Crippen molar-refractivity contribution >= 4 is 5.91 Å². The minimum Gasteiger partial charge on any atom is -0.505 e. The van der Waals surface area contributed by atoms with Gasteiger partial charge in [0.1, 0.15) is 6.10 Å². The predicted octanol–water partition coefficient (Wildman–Crippen LogP) is 2.60. The zero-order valence-electron chi connectivity index (χ0n) is 12.1. The lowest BCUT2D eigenvalue weighted by atomic mass is 9.77. The fourth-order valence-corrected chi connectivity index (χ4v) is 2.87. The summed E-state index contributed by atoms with van der Waals surface area (Å²) in [5, 5.41) is 9.73. The first kappa shape index (κ1) is 17.5. The summed E-state index contributed by atoms with van der Waals surface area (Å²) in [6, 6.07) is 1.56. The molecule has 0 saturated carbocycles. The topological polar surface area (TPSA) is 72.5 Å². The van der Waals surface area contributed by atoms with E-state index in [-0.39, 0.29) is 5.56 Å². The second-order valence-electron chi connectivity index (χ2n) is 5.66. The molecule has 0 aliphatic carbocycles. The molecule has 0 bridgehead atoms. The Labute approximate surface area is 128 Å². The minimum atomic E-state index is -4.83. The molecule has 3 N–H and O–H groups in total. The molecule has 1 aliphatic rings. The summed E-state index contributed by atoms with van der Waals surface area (Å²) in [6.45, 7) is 1.88. The van der Waals surface area contributed by atoms with Gasteiger partial charge in [0, 0.05) is 17.4 Å². The molecule has 1 amide bonds. The minimum absolute atomic E-state index is 0.367. The third kappa shape index (κ3) is 2.52. The van der Waals surface area contributed by atoms with Gasteiger partial charge in [-0.3, -0.25) is 4.79 Å². The van der Waals surface area contributed by atoms with Gasteiger partial charge in [-0.15, -0.1) is 0 Å². The van der Waals surface area contributed by atoms with Crippen LogP contribution in [0.3, 0.4) is 0 Å². The number of aromatic hydroxyl groups is 1. The van der Waals surface area contributed by atoms with Crippen LogP contribution in [0.25, 0.3) is 0 Å². The van der Waals surface area contributed by atoms with Crippen molar-refractivity contribution in [2.24, 2.45) is 11.7 Å². The standard InChI is InChI=1S/C14H14F5NO3/c1-5-8(6-3-4-7(15)9(16)10(6)21)11(12(20)22)23-13(5,2)14(17,18)19/h3-5,8,11,21H,1-2H3,(H2,20,22)/t5-,8?,11+,13+/m0/s1. The first-order chi connectivity index (χ1) is 10.4. The largest absolute Gasteiger partial charge is 0.505 e. The number of amides is 1. The summed E-state index contributed by atoms with van der Waals surface area (Å²) in [6.07, 6.45) is -6.57. The van der Waals surface area contributed by atoms with Crippen LogP contribution >= 0.6 is 0 Å². The van der Waals surface area contributed by atoms with E-state index in [0.717, 1.165) is 19.9 Å². The number of hydrogen-bond acceptors (Lipinski definition) is 3. The molecule has 1 aromatic carbocycles. The van der Waals surface area contributed by atoms with Crippen LogP contribution in [0.1, 0.15) is 25.3 Å². The van der Waals surface area contributed by atoms with E-state index in [4.69, 9.17) is 10.5 Å². The monoisotopic (exact) mass is 339 g/mol. The summed E-state index contributed by atoms with van der Waals surface area (Å²) in [5.74, 6) is -8.10. The van der Waals surface area contributed by atoms with Crippen molar-refractivity contribution in [2.45, 2.75) is 37.6 Å². The van der Waals surface area contributed by atoms with Gasteiger partial charge in [0.25, 0.3) is 0 Å². The van der Waals surface area contributed by atoms with Gasteiger partial charge in [-0.25, -0.2) is 4.39 Å². The van der Waals surface area contributed by atoms with Crippen molar-refractivity contribution in [3.8, 4) is 5.75 Å². The van der Waals surface area contributed by atoms with Crippen molar-refractivity contribution in [1.82, 2.24) is 0 Å². The molecule has 1 unspecified atom stereocenters. The van der Waals surface area contributed by atoms with Gasteiger partial charge in [0.05, 0.1) is 0 Å². The van der Waals surface area contributed by atoms with Gasteiger partial charge in [-0.2, -0.15) is 17.6 Å². The van der Waals surface area contributed by atoms with Crippen LogP contribution in [0, 0.1) is 17.6 Å². The average molecular weight is 339 g/mol. The molecule has 1 aliphatic heterocycles. The summed E-state index contributed by atoms with van der Waals surface area (Å²) >= 11 is 0. The van der Waals surface area contributed by atoms with Crippen LogP contribution in [-0.2, 0) is 9.53 Å². The number of rotatable bonds is 2. The molecule has 0 aromatic heterocycles. The Morgan fingerprint density at radius 2 is 1.91 bits per heavy atom. The molecule has 0 radical (unpaired) electrons. The lowest BCUT2D eigenvalue weighted by molar-refractivity contribution is -0.272. The molecule has 1 fully saturated rings. The molecule has 4 atom stereocenters. The SMILES string of the molecule is C[C@H]1C(c2ccc(F)c(F)c2O)[C@H](C(N)=O)O[C@@]1(C)C(F)(F)F. The van der Waals surface area contributed by atoms with Crippen LogP contribution in [0.15, 0.2) is 12.1 Å². The highest BCUT2D eigenvalue weighted by atomic mass is 19.4. The van der Waals surface area contributed by atoms with Gasteiger partial charge in [-0.1, -0.05) is 13.0 Å². The summed E-state index contributed by atoms with van der Waals surface area (Å²) in [7, 11) is 0. The van der Waals surface area contributed by atoms with E-state index in [0.29, 0.717) is 6.07 Å². The number of hydrogen-bond donors (Lipinski definition) is 2. The van der Waals surface area contributed by atoms with Crippen LogP contribution in [-0.4, -0.2) is 28.9 Å². The molecule has 2 rings (SSSR count). The number of halogens is 5. The third-order valence-corrected chi connectivity index (χ3v) is 4.41. The number of ether oxygens (including phenoxy) is 1. The number of carbonyl (C=O) groups excluding carboxylic acids is 1. The Morgan fingerprint density at radius 1 is 1.35 bits per heavy atom. The van der Waals surface area contributed by atoms with Gasteiger partial charge < -0.3 is 15.6 Å². The summed E-state index contributed by atoms with van der Waals surface area (Å²) in [5.41, 5.74) is 1.99. The molecule has 0 spiro atoms. The molecule has 128 valence electrons. The van der Waals surface area contributed by atoms with Crippen molar-refractivity contribution in [3.05, 3.63) is 29.3 Å². The van der Waals surface area contributed by atoms with E-state index in [2.05, 4.69) is 0 Å². The maximum Gasteiger partial charge on any atom is 0.417 e. The maximum absolute atomic E-state index is 13.5. The Balaban J connectivity index is 2.60. The lowest BCUT2D eigenvalue weighted by Crippen LogP contribution is -2.47. The highest BCUT2D eigenvalue weighted by Gasteiger charge is 2.65. The van der Waals surface area contributed by atoms with Gasteiger partial charge >= 0.3 is 6.18 Å². The highest BCUT2D eigenvalue weighted by molar-refractivity contribution is 5.81. The van der Waals surface area contributed by atoms with Crippen LogP contribution < -0.4 is 5.73 Å². The van der Waals surface area contributed by atoms with E-state index in [1.54, 1.807) is 0 Å². The van der Waals surface area contributed by atoms with Gasteiger partial charge in [0.2, 0.25) is 11.7 Å². The Kier molecular flexibility index (Phi) is 4.04. The third-order valence-electron chi connectivity index (χ3n) is 4.41. The number of alkyl halides is 3. The zero-order valence-corrected chi connectivity index (χ0v) is 12.1. The molecule has 1 saturated heterocycles. The molecule has 1 aromatic rings. The second kappa shape index (κ2) is 5.33. The number of nitrogens with two attached hydrogens (primary N) is 1. The number of primary amides is 1. The predicted molar refractivity (Wildman–Crippen MR) is 68.5 cm³/mol. The Bertz CT molecular complexity index is 648. The van der Waals surface area contributed by atoms with E-state index in [1.165, 1.54) is 0 Å². The molecule has 1 heterocycles. The molecular weight excluding hydrogens is 325 g/mol. The van der Waals surface area contributed by atoms with Gasteiger partial charge in [-0.05, 0) is 13.0 Å². The Hall–Kier alpha value is -1.90. The maximum atomic E-state index is 13.5. The van der Waals surface area contributed by atoms with Gasteiger partial charge in [0.15, 0.2) is 17.2 Å². The fourth-order valence-electron chi connectivity index (χ4n) is 2.87. The lowest BCUT2D eigenvalue weighted by Gasteiger charge is -2.31. The van der Waals surface area contributed by atoms with E-state index in [9.17, 15) is 31.9 Å². The zero-order chi connectivity index (χ0) is 17.7. The van der Waals surface area contributed by atoms with E-state index >= 15 is 0 Å². The van der Waals surface area contributed by atoms with Crippen molar-refractivity contribution < 1.29 is 36.6 Å². The summed E-state index contributed by atoms with van der Waals surface area (Å²) < 4.78 is 71.4. The average Bonchev–Trinajstić information content (AvgIpc) is 2.71. The first-order valence-electron chi connectivity index (χ1n) is 6.62. The van der Waals surface area contributed by atoms with Crippen LogP contribution in [0.2, 0.25) is 0 Å². The smallest absolute Gasteiger partial charge is 0.417 e. The normalized spacial score (nSPS) is 31.3.